The van der Waals surface area contributed by atoms with E-state index in [9.17, 15) is 0 Å². The molecule has 0 unspecified atom stereocenters. The van der Waals surface area contributed by atoms with E-state index in [1.54, 1.807) is 0 Å². The van der Waals surface area contributed by atoms with Crippen LogP contribution in [0.15, 0.2) is 41.4 Å². The van der Waals surface area contributed by atoms with Crippen molar-refractivity contribution in [1.29, 1.82) is 0 Å². The molecule has 2 nitrogen and oxygen atoms in total. The molecule has 0 atom stereocenters. The summed E-state index contributed by atoms with van der Waals surface area (Å²) in [6.07, 6.45) is 4.20. The molecule has 3 rings (SSSR count). The summed E-state index contributed by atoms with van der Waals surface area (Å²) in [5.74, 6) is 0. The topological polar surface area (TPSA) is 15.6 Å². The second kappa shape index (κ2) is 6.92. The van der Waals surface area contributed by atoms with Crippen LogP contribution >= 0.6 is 11.6 Å². The van der Waals surface area contributed by atoms with Crippen LogP contribution in [-0.2, 0) is 0 Å². The van der Waals surface area contributed by atoms with Crippen molar-refractivity contribution in [3.8, 4) is 0 Å². The molecule has 136 valence electrons. The number of rotatable bonds is 3. The average molecular weight is 367 g/mol. The molecule has 0 saturated heterocycles. The van der Waals surface area contributed by atoms with Crippen LogP contribution in [0.2, 0.25) is 5.02 Å². The predicted molar refractivity (Wildman–Crippen MR) is 115 cm³/mol. The Balaban J connectivity index is 2.02. The molecule has 3 heteroatoms. The van der Waals surface area contributed by atoms with Gasteiger partial charge >= 0.3 is 0 Å². The lowest BCUT2D eigenvalue weighted by Crippen LogP contribution is -2.44. The van der Waals surface area contributed by atoms with Crippen LogP contribution < -0.4 is 4.90 Å². The van der Waals surface area contributed by atoms with Crippen molar-refractivity contribution in [2.24, 2.45) is 4.99 Å². The van der Waals surface area contributed by atoms with Crippen molar-refractivity contribution in [3.05, 3.63) is 63.7 Å². The SMILES string of the molecule is CCN1c2cc(Cl)c(C=Nc3ccc(C)c(C)c3)cc2C(C)=CC1(C)C. The fraction of sp³-hybridized carbons (Fsp3) is 0.348. The molecule has 1 aliphatic heterocycles. The van der Waals surface area contributed by atoms with E-state index in [2.05, 4.69) is 81.8 Å². The molecule has 1 heterocycles. The summed E-state index contributed by atoms with van der Waals surface area (Å²) in [4.78, 5) is 7.03. The Kier molecular flexibility index (Phi) is 4.98. The third kappa shape index (κ3) is 3.43. The van der Waals surface area contributed by atoms with Gasteiger partial charge in [-0.05, 0) is 82.5 Å². The maximum absolute atomic E-state index is 6.61. The zero-order chi connectivity index (χ0) is 19.1. The highest BCUT2D eigenvalue weighted by molar-refractivity contribution is 6.33. The highest BCUT2D eigenvalue weighted by atomic mass is 35.5. The van der Waals surface area contributed by atoms with Gasteiger partial charge in [0.05, 0.1) is 16.2 Å². The standard InChI is InChI=1S/C23H27ClN2/c1-7-26-22-12-21(24)18(11-20(22)17(4)13-23(26,5)6)14-25-19-9-8-15(2)16(3)10-19/h8-14H,7H2,1-6H3. The summed E-state index contributed by atoms with van der Waals surface area (Å²) < 4.78 is 0. The largest absolute Gasteiger partial charge is 0.363 e. The molecular weight excluding hydrogens is 340 g/mol. The number of likely N-dealkylation sites (N-methyl/N-ethyl adjacent to an activating group) is 1. The Morgan fingerprint density at radius 3 is 2.46 bits per heavy atom. The molecule has 0 aliphatic carbocycles. The van der Waals surface area contributed by atoms with Gasteiger partial charge in [-0.1, -0.05) is 23.7 Å². The molecule has 0 radical (unpaired) electrons. The first-order valence-corrected chi connectivity index (χ1v) is 9.53. The Morgan fingerprint density at radius 2 is 1.81 bits per heavy atom. The van der Waals surface area contributed by atoms with Gasteiger partial charge in [0, 0.05) is 29.6 Å². The molecule has 0 N–H and O–H groups in total. The second-order valence-corrected chi connectivity index (χ2v) is 8.05. The number of anilines is 1. The third-order valence-corrected chi connectivity index (χ3v) is 5.58. The van der Waals surface area contributed by atoms with Crippen molar-refractivity contribution in [2.45, 2.75) is 47.1 Å². The van der Waals surface area contributed by atoms with Crippen LogP contribution in [0.25, 0.3) is 5.57 Å². The summed E-state index contributed by atoms with van der Waals surface area (Å²) >= 11 is 6.61. The molecule has 0 amide bonds. The summed E-state index contributed by atoms with van der Waals surface area (Å²) in [7, 11) is 0. The van der Waals surface area contributed by atoms with E-state index in [1.807, 2.05) is 12.3 Å². The molecule has 26 heavy (non-hydrogen) atoms. The van der Waals surface area contributed by atoms with E-state index in [1.165, 1.54) is 28.0 Å². The van der Waals surface area contributed by atoms with Gasteiger partial charge < -0.3 is 4.90 Å². The van der Waals surface area contributed by atoms with E-state index in [-0.39, 0.29) is 5.54 Å². The van der Waals surface area contributed by atoms with Gasteiger partial charge in [-0.3, -0.25) is 4.99 Å². The first-order valence-electron chi connectivity index (χ1n) is 9.15. The van der Waals surface area contributed by atoms with Gasteiger partial charge in [0.15, 0.2) is 0 Å². The fourth-order valence-corrected chi connectivity index (χ4v) is 3.95. The van der Waals surface area contributed by atoms with Gasteiger partial charge in [0.25, 0.3) is 0 Å². The number of aliphatic imine (C=N–C) groups is 1. The predicted octanol–water partition coefficient (Wildman–Crippen LogP) is 6.73. The molecule has 2 aromatic rings. The molecule has 0 aromatic heterocycles. The van der Waals surface area contributed by atoms with Crippen LogP contribution in [0.5, 0.6) is 0 Å². The maximum atomic E-state index is 6.61. The Morgan fingerprint density at radius 1 is 1.08 bits per heavy atom. The van der Waals surface area contributed by atoms with E-state index >= 15 is 0 Å². The zero-order valence-corrected chi connectivity index (χ0v) is 17.3. The summed E-state index contributed by atoms with van der Waals surface area (Å²) in [5.41, 5.74) is 8.13. The van der Waals surface area contributed by atoms with Crippen LogP contribution in [-0.4, -0.2) is 18.3 Å². The molecule has 0 fully saturated rings. The number of benzene rings is 2. The molecular formula is C23H27ClN2. The van der Waals surface area contributed by atoms with Gasteiger partial charge in [-0.25, -0.2) is 0 Å². The van der Waals surface area contributed by atoms with E-state index < -0.39 is 0 Å². The van der Waals surface area contributed by atoms with Crippen LogP contribution in [0.1, 0.15) is 49.9 Å². The average Bonchev–Trinajstić information content (AvgIpc) is 2.56. The van der Waals surface area contributed by atoms with Crippen molar-refractivity contribution in [1.82, 2.24) is 0 Å². The minimum absolute atomic E-state index is 0.00973. The fourth-order valence-electron chi connectivity index (χ4n) is 3.74. The minimum Gasteiger partial charge on any atom is -0.363 e. The van der Waals surface area contributed by atoms with E-state index in [0.717, 1.165) is 22.8 Å². The number of halogens is 1. The van der Waals surface area contributed by atoms with Gasteiger partial charge in [-0.15, -0.1) is 0 Å². The quantitative estimate of drug-likeness (QED) is 0.550. The first kappa shape index (κ1) is 18.7. The smallest absolute Gasteiger partial charge is 0.0632 e. The van der Waals surface area contributed by atoms with Crippen molar-refractivity contribution >= 4 is 34.8 Å². The molecule has 2 aromatic carbocycles. The summed E-state index contributed by atoms with van der Waals surface area (Å²) in [6.45, 7) is 14.0. The first-order chi connectivity index (χ1) is 12.2. The third-order valence-electron chi connectivity index (χ3n) is 5.26. The monoisotopic (exact) mass is 366 g/mol. The number of fused-ring (bicyclic) bond motifs is 1. The zero-order valence-electron chi connectivity index (χ0n) is 16.5. The van der Waals surface area contributed by atoms with E-state index in [4.69, 9.17) is 11.6 Å². The number of nitrogens with zero attached hydrogens (tertiary/aromatic N) is 2. The maximum Gasteiger partial charge on any atom is 0.0632 e. The number of allylic oxidation sites excluding steroid dienone is 1. The summed E-state index contributed by atoms with van der Waals surface area (Å²) in [6, 6.07) is 10.5. The summed E-state index contributed by atoms with van der Waals surface area (Å²) in [5, 5.41) is 0.736. The lowest BCUT2D eigenvalue weighted by atomic mass is 9.88. The van der Waals surface area contributed by atoms with Crippen molar-refractivity contribution in [2.75, 3.05) is 11.4 Å². The van der Waals surface area contributed by atoms with E-state index in [0.29, 0.717) is 0 Å². The molecule has 0 spiro atoms. The van der Waals surface area contributed by atoms with Gasteiger partial charge in [-0.2, -0.15) is 0 Å². The molecule has 0 saturated carbocycles. The second-order valence-electron chi connectivity index (χ2n) is 7.64. The lowest BCUT2D eigenvalue weighted by Gasteiger charge is -2.43. The minimum atomic E-state index is -0.00973. The Labute approximate surface area is 162 Å². The number of hydrogen-bond acceptors (Lipinski definition) is 2. The highest BCUT2D eigenvalue weighted by Gasteiger charge is 2.30. The van der Waals surface area contributed by atoms with Gasteiger partial charge in [0.1, 0.15) is 0 Å². The normalized spacial score (nSPS) is 16.0. The van der Waals surface area contributed by atoms with Crippen LogP contribution in [0, 0.1) is 13.8 Å². The van der Waals surface area contributed by atoms with Crippen molar-refractivity contribution < 1.29 is 0 Å². The van der Waals surface area contributed by atoms with Crippen molar-refractivity contribution in [3.63, 3.8) is 0 Å². The molecule has 0 bridgehead atoms. The van der Waals surface area contributed by atoms with Crippen LogP contribution in [0.3, 0.4) is 0 Å². The van der Waals surface area contributed by atoms with Crippen LogP contribution in [0.4, 0.5) is 11.4 Å². The highest BCUT2D eigenvalue weighted by Crippen LogP contribution is 2.41. The number of aryl methyl sites for hydroxylation is 2. The van der Waals surface area contributed by atoms with Gasteiger partial charge in [0.2, 0.25) is 0 Å². The lowest BCUT2D eigenvalue weighted by molar-refractivity contribution is 0.566. The Hall–Kier alpha value is -2.06. The number of hydrogen-bond donors (Lipinski definition) is 0. The Bertz CT molecular complexity index is 907. The molecule has 1 aliphatic rings.